The average molecular weight is 393 g/mol. The lowest BCUT2D eigenvalue weighted by Crippen LogP contribution is -2.49. The maximum absolute atomic E-state index is 12.9. The van der Waals surface area contributed by atoms with E-state index in [1.807, 2.05) is 32.0 Å². The third-order valence-electron chi connectivity index (χ3n) is 4.94. The number of anilines is 2. The lowest BCUT2D eigenvalue weighted by atomic mass is 10.1. The predicted octanol–water partition coefficient (Wildman–Crippen LogP) is 2.29. The number of aromatic nitrogens is 2. The molecule has 0 bridgehead atoms. The summed E-state index contributed by atoms with van der Waals surface area (Å²) in [4.78, 5) is 38.0. The zero-order chi connectivity index (χ0) is 20.4. The molecule has 0 spiro atoms. The van der Waals surface area contributed by atoms with Crippen molar-refractivity contribution in [2.24, 2.45) is 0 Å². The van der Waals surface area contributed by atoms with Gasteiger partial charge in [0.2, 0.25) is 5.95 Å². The van der Waals surface area contributed by atoms with Gasteiger partial charge in [-0.15, -0.1) is 0 Å². The number of hydrogen-bond acceptors (Lipinski definition) is 7. The molecule has 150 valence electrons. The summed E-state index contributed by atoms with van der Waals surface area (Å²) < 4.78 is 5.31. The van der Waals surface area contributed by atoms with E-state index in [0.717, 1.165) is 23.4 Å². The van der Waals surface area contributed by atoms with Crippen LogP contribution in [-0.2, 0) is 0 Å². The van der Waals surface area contributed by atoms with Gasteiger partial charge in [-0.25, -0.2) is 9.78 Å². The van der Waals surface area contributed by atoms with E-state index in [1.165, 1.54) is 0 Å². The summed E-state index contributed by atoms with van der Waals surface area (Å²) in [6.07, 6.45) is 0. The second kappa shape index (κ2) is 7.90. The molecule has 8 heteroatoms. The first-order valence-electron chi connectivity index (χ1n) is 9.72. The van der Waals surface area contributed by atoms with Crippen molar-refractivity contribution in [2.45, 2.75) is 13.8 Å². The van der Waals surface area contributed by atoms with E-state index in [9.17, 15) is 9.59 Å². The summed E-state index contributed by atoms with van der Waals surface area (Å²) in [5.74, 6) is 1.15. The summed E-state index contributed by atoms with van der Waals surface area (Å²) in [7, 11) is 0. The minimum atomic E-state index is -0.599. The second-order valence-electron chi connectivity index (χ2n) is 6.99. The molecule has 0 saturated carbocycles. The molecular formula is C21H23N5O3. The molecule has 4 rings (SSSR count). The first kappa shape index (κ1) is 18.9. The molecule has 8 nitrogen and oxygen atoms in total. The SMILES string of the molecule is CCNc1nc(C)cc(N2CCN(C(=O)c3cc4ccccc4oc3=O)CC2)n1. The average Bonchev–Trinajstić information content (AvgIpc) is 2.73. The molecule has 3 heterocycles. The van der Waals surface area contributed by atoms with Crippen LogP contribution in [0.1, 0.15) is 23.0 Å². The number of nitrogens with one attached hydrogen (secondary N) is 1. The van der Waals surface area contributed by atoms with E-state index in [1.54, 1.807) is 23.1 Å². The van der Waals surface area contributed by atoms with E-state index in [-0.39, 0.29) is 11.5 Å². The molecule has 29 heavy (non-hydrogen) atoms. The number of fused-ring (bicyclic) bond motifs is 1. The van der Waals surface area contributed by atoms with E-state index in [4.69, 9.17) is 4.42 Å². The summed E-state index contributed by atoms with van der Waals surface area (Å²) >= 11 is 0. The standard InChI is InChI=1S/C21H23N5O3/c1-3-22-21-23-14(2)12-18(24-21)25-8-10-26(11-9-25)19(27)16-13-15-6-4-5-7-17(15)29-20(16)28/h4-7,12-13H,3,8-11H2,1-2H3,(H,22,23,24). The van der Waals surface area contributed by atoms with Crippen LogP contribution in [0.25, 0.3) is 11.0 Å². The zero-order valence-electron chi connectivity index (χ0n) is 16.5. The third kappa shape index (κ3) is 3.91. The molecule has 0 aliphatic carbocycles. The molecular weight excluding hydrogens is 370 g/mol. The van der Waals surface area contributed by atoms with Crippen LogP contribution < -0.4 is 15.8 Å². The van der Waals surface area contributed by atoms with Gasteiger partial charge in [0.15, 0.2) is 0 Å². The van der Waals surface area contributed by atoms with Crippen LogP contribution in [0, 0.1) is 6.92 Å². The predicted molar refractivity (Wildman–Crippen MR) is 112 cm³/mol. The zero-order valence-corrected chi connectivity index (χ0v) is 16.5. The third-order valence-corrected chi connectivity index (χ3v) is 4.94. The Morgan fingerprint density at radius 2 is 1.90 bits per heavy atom. The Morgan fingerprint density at radius 3 is 2.66 bits per heavy atom. The van der Waals surface area contributed by atoms with Gasteiger partial charge >= 0.3 is 5.63 Å². The summed E-state index contributed by atoms with van der Waals surface area (Å²) in [6.45, 7) is 6.96. The van der Waals surface area contributed by atoms with Crippen LogP contribution in [-0.4, -0.2) is 53.5 Å². The maximum atomic E-state index is 12.9. The van der Waals surface area contributed by atoms with E-state index >= 15 is 0 Å². The molecule has 2 aromatic heterocycles. The van der Waals surface area contributed by atoms with Gasteiger partial charge in [-0.3, -0.25) is 4.79 Å². The van der Waals surface area contributed by atoms with Gasteiger partial charge in [-0.2, -0.15) is 4.98 Å². The van der Waals surface area contributed by atoms with Crippen molar-refractivity contribution in [3.63, 3.8) is 0 Å². The highest BCUT2D eigenvalue weighted by Gasteiger charge is 2.25. The van der Waals surface area contributed by atoms with Gasteiger partial charge in [0.05, 0.1) is 0 Å². The Labute approximate surface area is 168 Å². The van der Waals surface area contributed by atoms with E-state index in [0.29, 0.717) is 37.7 Å². The highest BCUT2D eigenvalue weighted by molar-refractivity contribution is 5.96. The monoisotopic (exact) mass is 393 g/mol. The lowest BCUT2D eigenvalue weighted by molar-refractivity contribution is 0.0742. The number of nitrogens with zero attached hydrogens (tertiary/aromatic N) is 4. The van der Waals surface area contributed by atoms with E-state index in [2.05, 4.69) is 20.2 Å². The Balaban J connectivity index is 1.49. The van der Waals surface area contributed by atoms with Gasteiger partial charge in [0.1, 0.15) is 17.0 Å². The summed E-state index contributed by atoms with van der Waals surface area (Å²) in [6, 6.07) is 10.7. The van der Waals surface area contributed by atoms with Gasteiger partial charge in [-0.05, 0) is 26.0 Å². The highest BCUT2D eigenvalue weighted by atomic mass is 16.4. The Bertz CT molecular complexity index is 1100. The molecule has 1 amide bonds. The number of carbonyl (C=O) groups excluding carboxylic acids is 1. The molecule has 0 unspecified atom stereocenters. The topological polar surface area (TPSA) is 91.6 Å². The van der Waals surface area contributed by atoms with Gasteiger partial charge in [0.25, 0.3) is 5.91 Å². The van der Waals surface area contributed by atoms with E-state index < -0.39 is 5.63 Å². The first-order valence-corrected chi connectivity index (χ1v) is 9.72. The Hall–Kier alpha value is -3.42. The molecule has 0 atom stereocenters. The van der Waals surface area contributed by atoms with Crippen LogP contribution in [0.4, 0.5) is 11.8 Å². The summed E-state index contributed by atoms with van der Waals surface area (Å²) in [5.41, 5.74) is 0.843. The quantitative estimate of drug-likeness (QED) is 0.680. The smallest absolute Gasteiger partial charge is 0.349 e. The number of para-hydroxylation sites is 1. The molecule has 3 aromatic rings. The van der Waals surface area contributed by atoms with Crippen LogP contribution in [0.5, 0.6) is 0 Å². The van der Waals surface area contributed by atoms with Crippen molar-refractivity contribution < 1.29 is 9.21 Å². The minimum absolute atomic E-state index is 0.0736. The number of aryl methyl sites for hydroxylation is 1. The van der Waals surface area contributed by atoms with Crippen molar-refractivity contribution in [3.05, 3.63) is 58.1 Å². The molecule has 1 fully saturated rings. The number of piperazine rings is 1. The van der Waals surface area contributed by atoms with Gasteiger partial charge in [-0.1, -0.05) is 18.2 Å². The number of carbonyl (C=O) groups is 1. The van der Waals surface area contributed by atoms with Crippen molar-refractivity contribution in [1.29, 1.82) is 0 Å². The van der Waals surface area contributed by atoms with Crippen LogP contribution in [0.3, 0.4) is 0 Å². The number of rotatable bonds is 4. The molecule has 1 N–H and O–H groups in total. The second-order valence-corrected chi connectivity index (χ2v) is 6.99. The molecule has 0 radical (unpaired) electrons. The van der Waals surface area contributed by atoms with Gasteiger partial charge < -0.3 is 19.5 Å². The summed E-state index contributed by atoms with van der Waals surface area (Å²) in [5, 5.41) is 3.88. The number of hydrogen-bond donors (Lipinski definition) is 1. The largest absolute Gasteiger partial charge is 0.422 e. The van der Waals surface area contributed by atoms with Crippen molar-refractivity contribution >= 4 is 28.6 Å². The normalized spacial score (nSPS) is 14.3. The minimum Gasteiger partial charge on any atom is -0.422 e. The number of benzene rings is 1. The van der Waals surface area contributed by atoms with Crippen molar-refractivity contribution in [1.82, 2.24) is 14.9 Å². The Kier molecular flexibility index (Phi) is 5.16. The fourth-order valence-electron chi connectivity index (χ4n) is 3.47. The molecule has 1 saturated heterocycles. The Morgan fingerprint density at radius 1 is 1.14 bits per heavy atom. The maximum Gasteiger partial charge on any atom is 0.349 e. The highest BCUT2D eigenvalue weighted by Crippen LogP contribution is 2.19. The molecule has 1 aliphatic rings. The fourth-order valence-corrected chi connectivity index (χ4v) is 3.47. The van der Waals surface area contributed by atoms with Crippen LogP contribution >= 0.6 is 0 Å². The molecule has 1 aromatic carbocycles. The van der Waals surface area contributed by atoms with Crippen LogP contribution in [0.15, 0.2) is 45.6 Å². The lowest BCUT2D eigenvalue weighted by Gasteiger charge is -2.35. The molecule has 1 aliphatic heterocycles. The van der Waals surface area contributed by atoms with Crippen LogP contribution in [0.2, 0.25) is 0 Å². The number of amides is 1. The van der Waals surface area contributed by atoms with Crippen molar-refractivity contribution in [3.8, 4) is 0 Å². The first-order chi connectivity index (χ1) is 14.0. The van der Waals surface area contributed by atoms with Crippen molar-refractivity contribution in [2.75, 3.05) is 42.9 Å². The fraction of sp³-hybridized carbons (Fsp3) is 0.333. The van der Waals surface area contributed by atoms with Gasteiger partial charge in [0, 0.05) is 49.9 Å².